The molecule has 0 amide bonds. The number of piperidine rings is 1. The first kappa shape index (κ1) is 13.3. The number of rotatable bonds is 5. The first-order valence-corrected chi connectivity index (χ1v) is 6.41. The van der Waals surface area contributed by atoms with Crippen LogP contribution < -0.4 is 5.73 Å². The smallest absolute Gasteiger partial charge is 0.140 e. The molecule has 3 N–H and O–H groups in total. The molecule has 16 heavy (non-hydrogen) atoms. The summed E-state index contributed by atoms with van der Waals surface area (Å²) >= 11 is 0. The zero-order chi connectivity index (χ0) is 12.0. The van der Waals surface area contributed by atoms with Gasteiger partial charge in [-0.2, -0.15) is 0 Å². The Morgan fingerprint density at radius 3 is 2.88 bits per heavy atom. The van der Waals surface area contributed by atoms with Crippen LogP contribution in [-0.4, -0.2) is 35.1 Å². The van der Waals surface area contributed by atoms with E-state index in [0.29, 0.717) is 18.3 Å². The number of likely N-dealkylation sites (tertiary alicyclic amines) is 1. The number of amidine groups is 1. The summed E-state index contributed by atoms with van der Waals surface area (Å²) in [6, 6.07) is 0.435. The minimum Gasteiger partial charge on any atom is -0.409 e. The van der Waals surface area contributed by atoms with Gasteiger partial charge in [0.15, 0.2) is 0 Å². The highest BCUT2D eigenvalue weighted by Crippen LogP contribution is 2.23. The Morgan fingerprint density at radius 1 is 1.56 bits per heavy atom. The third-order valence-corrected chi connectivity index (χ3v) is 3.69. The van der Waals surface area contributed by atoms with Crippen molar-refractivity contribution in [1.29, 1.82) is 0 Å². The van der Waals surface area contributed by atoms with Crippen LogP contribution in [0.1, 0.15) is 46.0 Å². The molecule has 4 heteroatoms. The molecule has 0 radical (unpaired) electrons. The molecule has 1 saturated heterocycles. The van der Waals surface area contributed by atoms with Crippen molar-refractivity contribution in [2.24, 2.45) is 16.8 Å². The average Bonchev–Trinajstić information content (AvgIpc) is 2.35. The van der Waals surface area contributed by atoms with E-state index in [0.717, 1.165) is 18.9 Å². The SMILES string of the molecule is CCC1CCCN(C(CC)C/C(N)=N/O)C1. The predicted molar refractivity (Wildman–Crippen MR) is 66.7 cm³/mol. The Morgan fingerprint density at radius 2 is 2.31 bits per heavy atom. The molecule has 0 aromatic carbocycles. The summed E-state index contributed by atoms with van der Waals surface area (Å²) in [5.41, 5.74) is 5.60. The summed E-state index contributed by atoms with van der Waals surface area (Å²) < 4.78 is 0. The van der Waals surface area contributed by atoms with Gasteiger partial charge in [-0.1, -0.05) is 25.4 Å². The van der Waals surface area contributed by atoms with Crippen molar-refractivity contribution in [3.05, 3.63) is 0 Å². The molecule has 1 aliphatic heterocycles. The normalized spacial score (nSPS) is 25.6. The van der Waals surface area contributed by atoms with Gasteiger partial charge >= 0.3 is 0 Å². The van der Waals surface area contributed by atoms with Crippen LogP contribution in [0, 0.1) is 5.92 Å². The fraction of sp³-hybridized carbons (Fsp3) is 0.917. The van der Waals surface area contributed by atoms with Crippen molar-refractivity contribution in [2.45, 2.75) is 52.0 Å². The van der Waals surface area contributed by atoms with Crippen LogP contribution in [0.15, 0.2) is 5.16 Å². The highest BCUT2D eigenvalue weighted by molar-refractivity contribution is 5.80. The summed E-state index contributed by atoms with van der Waals surface area (Å²) in [7, 11) is 0. The lowest BCUT2D eigenvalue weighted by atomic mass is 9.93. The molecule has 2 unspecified atom stereocenters. The van der Waals surface area contributed by atoms with Crippen LogP contribution >= 0.6 is 0 Å². The number of hydrogen-bond acceptors (Lipinski definition) is 3. The van der Waals surface area contributed by atoms with Gasteiger partial charge in [-0.05, 0) is 31.7 Å². The predicted octanol–water partition coefficient (Wildman–Crippen LogP) is 2.02. The number of hydrogen-bond donors (Lipinski definition) is 2. The van der Waals surface area contributed by atoms with Crippen molar-refractivity contribution in [3.8, 4) is 0 Å². The molecule has 0 bridgehead atoms. The van der Waals surface area contributed by atoms with Crippen molar-refractivity contribution in [1.82, 2.24) is 4.90 Å². The van der Waals surface area contributed by atoms with Gasteiger partial charge in [0.05, 0.1) is 0 Å². The first-order chi connectivity index (χ1) is 7.71. The highest BCUT2D eigenvalue weighted by Gasteiger charge is 2.24. The van der Waals surface area contributed by atoms with E-state index in [-0.39, 0.29) is 0 Å². The molecule has 0 spiro atoms. The molecule has 0 saturated carbocycles. The molecular formula is C12H25N3O. The summed E-state index contributed by atoms with van der Waals surface area (Å²) in [5, 5.41) is 11.7. The fourth-order valence-electron chi connectivity index (χ4n) is 2.58. The molecule has 4 nitrogen and oxygen atoms in total. The van der Waals surface area contributed by atoms with Gasteiger partial charge < -0.3 is 10.9 Å². The second-order valence-corrected chi connectivity index (χ2v) is 4.77. The van der Waals surface area contributed by atoms with Crippen LogP contribution in [0.5, 0.6) is 0 Å². The maximum absolute atomic E-state index is 8.62. The van der Waals surface area contributed by atoms with Gasteiger partial charge in [0.1, 0.15) is 5.84 Å². The molecule has 1 rings (SSSR count). The quantitative estimate of drug-likeness (QED) is 0.327. The average molecular weight is 227 g/mol. The lowest BCUT2D eigenvalue weighted by Gasteiger charge is -2.37. The fourth-order valence-corrected chi connectivity index (χ4v) is 2.58. The van der Waals surface area contributed by atoms with E-state index >= 15 is 0 Å². The van der Waals surface area contributed by atoms with E-state index in [9.17, 15) is 0 Å². The van der Waals surface area contributed by atoms with Crippen LogP contribution in [0.25, 0.3) is 0 Å². The lowest BCUT2D eigenvalue weighted by molar-refractivity contribution is 0.120. The van der Waals surface area contributed by atoms with Gasteiger partial charge in [-0.25, -0.2) is 0 Å². The summed E-state index contributed by atoms with van der Waals surface area (Å²) in [6.45, 7) is 6.77. The third kappa shape index (κ3) is 3.67. The Hall–Kier alpha value is -0.770. The zero-order valence-corrected chi connectivity index (χ0v) is 10.5. The second-order valence-electron chi connectivity index (χ2n) is 4.77. The van der Waals surface area contributed by atoms with Gasteiger partial charge in [0, 0.05) is 19.0 Å². The van der Waals surface area contributed by atoms with Crippen LogP contribution in [-0.2, 0) is 0 Å². The molecule has 0 aromatic heterocycles. The molecule has 1 fully saturated rings. The van der Waals surface area contributed by atoms with Gasteiger partial charge in [0.25, 0.3) is 0 Å². The van der Waals surface area contributed by atoms with Crippen molar-refractivity contribution in [2.75, 3.05) is 13.1 Å². The molecule has 2 atom stereocenters. The van der Waals surface area contributed by atoms with E-state index in [1.165, 1.54) is 25.8 Å². The topological polar surface area (TPSA) is 61.8 Å². The van der Waals surface area contributed by atoms with E-state index in [1.54, 1.807) is 0 Å². The number of oxime groups is 1. The summed E-state index contributed by atoms with van der Waals surface area (Å²) in [6.07, 6.45) is 5.64. The van der Waals surface area contributed by atoms with Crippen LogP contribution in [0.3, 0.4) is 0 Å². The van der Waals surface area contributed by atoms with Crippen molar-refractivity contribution >= 4 is 5.84 Å². The minimum atomic E-state index is 0.352. The summed E-state index contributed by atoms with van der Waals surface area (Å²) in [5.74, 6) is 1.18. The third-order valence-electron chi connectivity index (χ3n) is 3.69. The van der Waals surface area contributed by atoms with E-state index in [2.05, 4.69) is 23.9 Å². The van der Waals surface area contributed by atoms with Crippen molar-refractivity contribution < 1.29 is 5.21 Å². The Kier molecular flexibility index (Phi) is 5.60. The van der Waals surface area contributed by atoms with Crippen LogP contribution in [0.2, 0.25) is 0 Å². The Bertz CT molecular complexity index is 230. The maximum atomic E-state index is 8.62. The Labute approximate surface area is 98.5 Å². The largest absolute Gasteiger partial charge is 0.409 e. The monoisotopic (exact) mass is 227 g/mol. The molecule has 94 valence electrons. The minimum absolute atomic E-state index is 0.352. The Balaban J connectivity index is 2.51. The molecule has 1 heterocycles. The number of nitrogens with zero attached hydrogens (tertiary/aromatic N) is 2. The van der Waals surface area contributed by atoms with Gasteiger partial charge in [-0.15, -0.1) is 0 Å². The standard InChI is InChI=1S/C12H25N3O/c1-3-10-6-5-7-15(9-10)11(4-2)8-12(13)14-16/h10-11,16H,3-9H2,1-2H3,(H2,13,14). The maximum Gasteiger partial charge on any atom is 0.140 e. The molecule has 1 aliphatic rings. The van der Waals surface area contributed by atoms with E-state index in [4.69, 9.17) is 10.9 Å². The molecular weight excluding hydrogens is 202 g/mol. The number of nitrogens with two attached hydrogens (primary N) is 1. The second kappa shape index (κ2) is 6.74. The highest BCUT2D eigenvalue weighted by atomic mass is 16.4. The molecule has 0 aromatic rings. The van der Waals surface area contributed by atoms with Gasteiger partial charge in [0.2, 0.25) is 0 Å². The first-order valence-electron chi connectivity index (χ1n) is 6.41. The van der Waals surface area contributed by atoms with Crippen molar-refractivity contribution in [3.63, 3.8) is 0 Å². The van der Waals surface area contributed by atoms with Crippen LogP contribution in [0.4, 0.5) is 0 Å². The summed E-state index contributed by atoms with van der Waals surface area (Å²) in [4.78, 5) is 2.51. The lowest BCUT2D eigenvalue weighted by Crippen LogP contribution is -2.44. The van der Waals surface area contributed by atoms with Gasteiger partial charge in [-0.3, -0.25) is 4.90 Å². The van der Waals surface area contributed by atoms with E-state index < -0.39 is 0 Å². The zero-order valence-electron chi connectivity index (χ0n) is 10.5. The van der Waals surface area contributed by atoms with E-state index in [1.807, 2.05) is 0 Å². The molecule has 0 aliphatic carbocycles.